The predicted molar refractivity (Wildman–Crippen MR) is 81.6 cm³/mol. The van der Waals surface area contributed by atoms with E-state index < -0.39 is 17.9 Å². The van der Waals surface area contributed by atoms with Gasteiger partial charge in [0.1, 0.15) is 6.04 Å². The lowest BCUT2D eigenvalue weighted by Gasteiger charge is -2.32. The number of alkyl halides is 2. The van der Waals surface area contributed by atoms with Crippen LogP contribution >= 0.6 is 0 Å². The molecule has 0 saturated carbocycles. The molecule has 2 fully saturated rings. The van der Waals surface area contributed by atoms with Crippen LogP contribution in [0.25, 0.3) is 0 Å². The minimum atomic E-state index is -2.86. The van der Waals surface area contributed by atoms with Gasteiger partial charge in [0.25, 0.3) is 11.8 Å². The first-order chi connectivity index (χ1) is 10.6. The van der Waals surface area contributed by atoms with Gasteiger partial charge in [-0.2, -0.15) is 0 Å². The molecular formula is C16H21F2N3O. The topological polar surface area (TPSA) is 44.4 Å². The van der Waals surface area contributed by atoms with Gasteiger partial charge < -0.3 is 15.5 Å². The maximum Gasteiger partial charge on any atom is 0.270 e. The molecule has 2 aliphatic rings. The van der Waals surface area contributed by atoms with Crippen molar-refractivity contribution in [3.8, 4) is 0 Å². The molecular weight excluding hydrogens is 288 g/mol. The molecule has 0 bridgehead atoms. The van der Waals surface area contributed by atoms with Crippen LogP contribution in [-0.4, -0.2) is 44.1 Å². The lowest BCUT2D eigenvalue weighted by Crippen LogP contribution is -2.57. The van der Waals surface area contributed by atoms with E-state index in [0.717, 1.165) is 31.6 Å². The van der Waals surface area contributed by atoms with Gasteiger partial charge in [-0.15, -0.1) is 0 Å². The van der Waals surface area contributed by atoms with Crippen LogP contribution in [0.15, 0.2) is 24.3 Å². The quantitative estimate of drug-likeness (QED) is 0.898. The van der Waals surface area contributed by atoms with Gasteiger partial charge in [0.2, 0.25) is 0 Å². The van der Waals surface area contributed by atoms with E-state index in [0.29, 0.717) is 5.56 Å². The van der Waals surface area contributed by atoms with Gasteiger partial charge in [-0.3, -0.25) is 4.79 Å². The zero-order chi connectivity index (χ0) is 15.6. The summed E-state index contributed by atoms with van der Waals surface area (Å²) in [6.07, 6.45) is 1.95. The summed E-state index contributed by atoms with van der Waals surface area (Å²) in [5.41, 5.74) is 1.32. The van der Waals surface area contributed by atoms with E-state index in [2.05, 4.69) is 15.5 Å². The summed E-state index contributed by atoms with van der Waals surface area (Å²) in [6, 6.07) is 6.09. The van der Waals surface area contributed by atoms with Crippen molar-refractivity contribution in [2.45, 2.75) is 31.2 Å². The van der Waals surface area contributed by atoms with Crippen LogP contribution in [0.3, 0.4) is 0 Å². The number of nitrogens with one attached hydrogen (secondary N) is 2. The minimum absolute atomic E-state index is 0.102. The number of hydrogen-bond acceptors (Lipinski definition) is 3. The number of benzene rings is 1. The third-order valence-corrected chi connectivity index (χ3v) is 4.39. The minimum Gasteiger partial charge on any atom is -0.371 e. The van der Waals surface area contributed by atoms with Gasteiger partial charge in [0, 0.05) is 38.3 Å². The summed E-state index contributed by atoms with van der Waals surface area (Å²) in [6.45, 7) is 2.20. The highest BCUT2D eigenvalue weighted by molar-refractivity contribution is 6.00. The number of para-hydroxylation sites is 1. The van der Waals surface area contributed by atoms with Crippen LogP contribution in [0.4, 0.5) is 14.5 Å². The van der Waals surface area contributed by atoms with Crippen LogP contribution in [0.5, 0.6) is 0 Å². The molecule has 0 spiro atoms. The maximum absolute atomic E-state index is 13.9. The fourth-order valence-electron chi connectivity index (χ4n) is 3.12. The van der Waals surface area contributed by atoms with E-state index in [1.54, 1.807) is 12.1 Å². The number of rotatable bonds is 3. The van der Waals surface area contributed by atoms with Gasteiger partial charge in [-0.05, 0) is 25.0 Å². The first-order valence-corrected chi connectivity index (χ1v) is 7.81. The van der Waals surface area contributed by atoms with E-state index in [1.807, 2.05) is 12.1 Å². The van der Waals surface area contributed by atoms with Gasteiger partial charge in [0.05, 0.1) is 5.56 Å². The van der Waals surface area contributed by atoms with Crippen LogP contribution in [-0.2, 0) is 0 Å². The van der Waals surface area contributed by atoms with Crippen LogP contribution in [0, 0.1) is 0 Å². The van der Waals surface area contributed by atoms with Crippen molar-refractivity contribution in [2.75, 3.05) is 31.1 Å². The summed E-state index contributed by atoms with van der Waals surface area (Å²) < 4.78 is 27.8. The Labute approximate surface area is 128 Å². The molecule has 2 N–H and O–H groups in total. The Balaban J connectivity index is 1.77. The average molecular weight is 309 g/mol. The molecule has 1 aromatic rings. The van der Waals surface area contributed by atoms with Gasteiger partial charge >= 0.3 is 0 Å². The number of piperidine rings is 1. The van der Waals surface area contributed by atoms with Crippen molar-refractivity contribution in [3.63, 3.8) is 0 Å². The van der Waals surface area contributed by atoms with Crippen molar-refractivity contribution >= 4 is 11.6 Å². The second-order valence-electron chi connectivity index (χ2n) is 5.95. The van der Waals surface area contributed by atoms with E-state index in [9.17, 15) is 13.6 Å². The third kappa shape index (κ3) is 3.06. The Morgan fingerprint density at radius 3 is 2.73 bits per heavy atom. The number of anilines is 1. The molecule has 1 atom stereocenters. The summed E-state index contributed by atoms with van der Waals surface area (Å²) in [4.78, 5) is 14.6. The molecule has 3 rings (SSSR count). The lowest BCUT2D eigenvalue weighted by molar-refractivity contribution is -0.0542. The zero-order valence-electron chi connectivity index (χ0n) is 12.4. The lowest BCUT2D eigenvalue weighted by atomic mass is 10.0. The number of carbonyl (C=O) groups is 1. The number of amides is 1. The standard InChI is InChI=1S/C16H21F2N3O/c17-16(18)7-8-19-11-14(16)20-15(22)12-5-1-2-6-13(12)21-9-3-4-10-21/h1-2,5-6,14,19H,3-4,7-11H2,(H,20,22)/t14-/m1/s1. The van der Waals surface area contributed by atoms with Crippen molar-refractivity contribution in [1.82, 2.24) is 10.6 Å². The first kappa shape index (κ1) is 15.2. The van der Waals surface area contributed by atoms with Gasteiger partial charge in [0.15, 0.2) is 0 Å². The molecule has 120 valence electrons. The molecule has 0 aliphatic carbocycles. The molecule has 1 amide bonds. The number of hydrogen-bond donors (Lipinski definition) is 2. The molecule has 4 nitrogen and oxygen atoms in total. The Morgan fingerprint density at radius 1 is 1.27 bits per heavy atom. The van der Waals surface area contributed by atoms with Crippen molar-refractivity contribution in [3.05, 3.63) is 29.8 Å². The summed E-state index contributed by atoms with van der Waals surface area (Å²) >= 11 is 0. The van der Waals surface area contributed by atoms with E-state index in [1.165, 1.54) is 0 Å². The Morgan fingerprint density at radius 2 is 2.00 bits per heavy atom. The molecule has 2 saturated heterocycles. The molecule has 2 heterocycles. The summed E-state index contributed by atoms with van der Waals surface area (Å²) in [5.74, 6) is -3.28. The van der Waals surface area contributed by atoms with E-state index >= 15 is 0 Å². The summed E-state index contributed by atoms with van der Waals surface area (Å²) in [5, 5.41) is 5.42. The smallest absolute Gasteiger partial charge is 0.270 e. The molecule has 0 unspecified atom stereocenters. The SMILES string of the molecule is O=C(N[C@@H]1CNCCC1(F)F)c1ccccc1N1CCCC1. The highest BCUT2D eigenvalue weighted by atomic mass is 19.3. The molecule has 2 aliphatic heterocycles. The van der Waals surface area contributed by atoms with Gasteiger partial charge in [-0.25, -0.2) is 8.78 Å². The molecule has 6 heteroatoms. The van der Waals surface area contributed by atoms with Crippen molar-refractivity contribution in [2.24, 2.45) is 0 Å². The van der Waals surface area contributed by atoms with Crippen LogP contribution in [0.1, 0.15) is 29.6 Å². The Kier molecular flexibility index (Phi) is 4.29. The highest BCUT2D eigenvalue weighted by Crippen LogP contribution is 2.27. The molecule has 22 heavy (non-hydrogen) atoms. The maximum atomic E-state index is 13.9. The van der Waals surface area contributed by atoms with E-state index in [4.69, 9.17) is 0 Å². The van der Waals surface area contributed by atoms with Gasteiger partial charge in [-0.1, -0.05) is 12.1 Å². The zero-order valence-corrected chi connectivity index (χ0v) is 12.4. The third-order valence-electron chi connectivity index (χ3n) is 4.39. The normalized spacial score (nSPS) is 24.3. The second-order valence-corrected chi connectivity index (χ2v) is 5.95. The average Bonchev–Trinajstić information content (AvgIpc) is 3.03. The Hall–Kier alpha value is -1.69. The molecule has 0 radical (unpaired) electrons. The number of carbonyl (C=O) groups excluding carboxylic acids is 1. The van der Waals surface area contributed by atoms with Crippen LogP contribution < -0.4 is 15.5 Å². The molecule has 0 aromatic heterocycles. The highest BCUT2D eigenvalue weighted by Gasteiger charge is 2.42. The number of halogens is 2. The summed E-state index contributed by atoms with van der Waals surface area (Å²) in [7, 11) is 0. The second kappa shape index (κ2) is 6.20. The van der Waals surface area contributed by atoms with Crippen molar-refractivity contribution < 1.29 is 13.6 Å². The fourth-order valence-corrected chi connectivity index (χ4v) is 3.12. The monoisotopic (exact) mass is 309 g/mol. The van der Waals surface area contributed by atoms with Crippen LogP contribution in [0.2, 0.25) is 0 Å². The van der Waals surface area contributed by atoms with Crippen molar-refractivity contribution in [1.29, 1.82) is 0 Å². The van der Waals surface area contributed by atoms with E-state index in [-0.39, 0.29) is 19.5 Å². The largest absolute Gasteiger partial charge is 0.371 e. The predicted octanol–water partition coefficient (Wildman–Crippen LogP) is 2.01. The Bertz CT molecular complexity index is 544. The fraction of sp³-hybridized carbons (Fsp3) is 0.562. The number of nitrogens with zero attached hydrogens (tertiary/aromatic N) is 1. The first-order valence-electron chi connectivity index (χ1n) is 7.81. The molecule has 1 aromatic carbocycles.